The average molecular weight is 254 g/mol. The van der Waals surface area contributed by atoms with Gasteiger partial charge in [-0.05, 0) is 37.8 Å². The van der Waals surface area contributed by atoms with Crippen molar-refractivity contribution in [1.29, 1.82) is 0 Å². The maximum absolute atomic E-state index is 12.5. The molecule has 18 heavy (non-hydrogen) atoms. The average Bonchev–Trinajstić information content (AvgIpc) is 3.12. The smallest absolute Gasteiger partial charge is 0.226 e. The van der Waals surface area contributed by atoms with Crippen molar-refractivity contribution in [1.82, 2.24) is 10.2 Å². The molecule has 0 aromatic heterocycles. The molecule has 1 saturated carbocycles. The minimum Gasteiger partial charge on any atom is -0.394 e. The zero-order valence-corrected chi connectivity index (χ0v) is 10.7. The lowest BCUT2D eigenvalue weighted by molar-refractivity contribution is -0.142. The molecule has 0 aromatic carbocycles. The zero-order chi connectivity index (χ0) is 12.6. The van der Waals surface area contributed by atoms with Gasteiger partial charge in [0.1, 0.15) is 0 Å². The van der Waals surface area contributed by atoms with Crippen molar-refractivity contribution in [3.63, 3.8) is 0 Å². The van der Waals surface area contributed by atoms with Crippen molar-refractivity contribution in [3.05, 3.63) is 0 Å². The van der Waals surface area contributed by atoms with E-state index in [1.807, 2.05) is 4.90 Å². The van der Waals surface area contributed by atoms with Gasteiger partial charge in [0.15, 0.2) is 0 Å². The summed E-state index contributed by atoms with van der Waals surface area (Å²) in [5.74, 6) is 0.524. The summed E-state index contributed by atoms with van der Waals surface area (Å²) < 4.78 is 5.39. The molecule has 3 fully saturated rings. The van der Waals surface area contributed by atoms with E-state index in [2.05, 4.69) is 5.32 Å². The second-order valence-corrected chi connectivity index (χ2v) is 5.83. The van der Waals surface area contributed by atoms with Crippen molar-refractivity contribution in [2.45, 2.75) is 25.4 Å². The Morgan fingerprint density at radius 2 is 2.22 bits per heavy atom. The molecule has 1 spiro atoms. The molecule has 0 radical (unpaired) electrons. The molecule has 2 saturated heterocycles. The number of nitrogens with one attached hydrogen (secondary N) is 1. The molecule has 1 aliphatic carbocycles. The number of hydrogen-bond acceptors (Lipinski definition) is 4. The highest BCUT2D eigenvalue weighted by Crippen LogP contribution is 2.59. The number of hydrogen-bond donors (Lipinski definition) is 2. The number of morpholine rings is 1. The molecule has 1 amide bonds. The van der Waals surface area contributed by atoms with Gasteiger partial charge in [-0.3, -0.25) is 4.79 Å². The van der Waals surface area contributed by atoms with E-state index in [0.717, 1.165) is 32.4 Å². The fourth-order valence-electron chi connectivity index (χ4n) is 3.42. The minimum atomic E-state index is -0.189. The molecular weight excluding hydrogens is 232 g/mol. The van der Waals surface area contributed by atoms with Crippen molar-refractivity contribution in [2.75, 3.05) is 39.4 Å². The van der Waals surface area contributed by atoms with Crippen LogP contribution >= 0.6 is 0 Å². The van der Waals surface area contributed by atoms with Crippen molar-refractivity contribution < 1.29 is 14.6 Å². The number of ether oxygens (including phenoxy) is 1. The Balaban J connectivity index is 1.58. The van der Waals surface area contributed by atoms with E-state index >= 15 is 0 Å². The Hall–Kier alpha value is -0.650. The van der Waals surface area contributed by atoms with Gasteiger partial charge in [0.2, 0.25) is 5.91 Å². The van der Waals surface area contributed by atoms with Gasteiger partial charge < -0.3 is 20.1 Å². The first-order valence-corrected chi connectivity index (χ1v) is 6.97. The third-order valence-corrected chi connectivity index (χ3v) is 4.74. The van der Waals surface area contributed by atoms with E-state index in [1.54, 1.807) is 0 Å². The van der Waals surface area contributed by atoms with Crippen LogP contribution in [-0.4, -0.2) is 61.4 Å². The summed E-state index contributed by atoms with van der Waals surface area (Å²) in [4.78, 5) is 14.4. The summed E-state index contributed by atoms with van der Waals surface area (Å²) in [6.45, 7) is 3.89. The molecule has 102 valence electrons. The highest BCUT2D eigenvalue weighted by Gasteiger charge is 2.58. The maximum Gasteiger partial charge on any atom is 0.226 e. The molecule has 5 nitrogen and oxygen atoms in total. The van der Waals surface area contributed by atoms with Crippen LogP contribution in [0, 0.1) is 11.3 Å². The molecule has 5 heteroatoms. The largest absolute Gasteiger partial charge is 0.394 e. The quantitative estimate of drug-likeness (QED) is 0.703. The minimum absolute atomic E-state index is 0.00348. The molecule has 2 aliphatic heterocycles. The van der Waals surface area contributed by atoms with Crippen LogP contribution in [0.15, 0.2) is 0 Å². The van der Waals surface area contributed by atoms with Gasteiger partial charge in [0, 0.05) is 19.0 Å². The van der Waals surface area contributed by atoms with Crippen molar-refractivity contribution >= 4 is 5.91 Å². The van der Waals surface area contributed by atoms with Crippen LogP contribution in [0.1, 0.15) is 19.3 Å². The van der Waals surface area contributed by atoms with Gasteiger partial charge in [-0.2, -0.15) is 0 Å². The molecule has 2 N–H and O–H groups in total. The zero-order valence-electron chi connectivity index (χ0n) is 10.7. The van der Waals surface area contributed by atoms with Gasteiger partial charge in [-0.25, -0.2) is 0 Å². The Bertz CT molecular complexity index is 324. The molecule has 0 bridgehead atoms. The van der Waals surface area contributed by atoms with Gasteiger partial charge >= 0.3 is 0 Å². The monoisotopic (exact) mass is 254 g/mol. The van der Waals surface area contributed by atoms with E-state index < -0.39 is 0 Å². The first-order valence-electron chi connectivity index (χ1n) is 6.97. The Labute approximate surface area is 107 Å². The molecule has 2 atom stereocenters. The van der Waals surface area contributed by atoms with Crippen LogP contribution < -0.4 is 5.32 Å². The summed E-state index contributed by atoms with van der Waals surface area (Å²) in [6, 6.07) is 0. The van der Waals surface area contributed by atoms with Crippen molar-refractivity contribution in [3.8, 4) is 0 Å². The van der Waals surface area contributed by atoms with Crippen LogP contribution in [0.2, 0.25) is 0 Å². The van der Waals surface area contributed by atoms with Gasteiger partial charge in [0.25, 0.3) is 0 Å². The lowest BCUT2D eigenvalue weighted by Gasteiger charge is -2.33. The summed E-state index contributed by atoms with van der Waals surface area (Å²) in [7, 11) is 0. The number of aliphatic hydroxyl groups is 1. The highest BCUT2D eigenvalue weighted by atomic mass is 16.5. The lowest BCUT2D eigenvalue weighted by atomic mass is 9.91. The fraction of sp³-hybridized carbons (Fsp3) is 0.923. The summed E-state index contributed by atoms with van der Waals surface area (Å²) in [6.07, 6.45) is 3.15. The molecule has 3 aliphatic rings. The third kappa shape index (κ3) is 2.15. The second-order valence-electron chi connectivity index (χ2n) is 5.83. The SMILES string of the molecule is O=C(C1CC12CCNCC2)N1CCOC(CO)C1. The molecule has 0 aromatic rings. The predicted molar refractivity (Wildman–Crippen MR) is 66.0 cm³/mol. The van der Waals surface area contributed by atoms with Crippen LogP contribution in [0.25, 0.3) is 0 Å². The van der Waals surface area contributed by atoms with Gasteiger partial charge in [0.05, 0.1) is 19.3 Å². The summed E-state index contributed by atoms with van der Waals surface area (Å²) >= 11 is 0. The Morgan fingerprint density at radius 1 is 1.44 bits per heavy atom. The van der Waals surface area contributed by atoms with E-state index in [-0.39, 0.29) is 18.6 Å². The number of carbonyl (C=O) groups is 1. The predicted octanol–water partition coefficient (Wildman–Crippen LogP) is -0.404. The van der Waals surface area contributed by atoms with E-state index in [1.165, 1.54) is 0 Å². The van der Waals surface area contributed by atoms with Gasteiger partial charge in [-0.15, -0.1) is 0 Å². The van der Waals surface area contributed by atoms with Crippen molar-refractivity contribution in [2.24, 2.45) is 11.3 Å². The number of piperidine rings is 1. The number of aliphatic hydroxyl groups excluding tert-OH is 1. The first-order chi connectivity index (χ1) is 8.75. The molecule has 2 heterocycles. The highest BCUT2D eigenvalue weighted by molar-refractivity contribution is 5.83. The number of nitrogens with zero attached hydrogens (tertiary/aromatic N) is 1. The summed E-state index contributed by atoms with van der Waals surface area (Å²) in [5.41, 5.74) is 0.301. The standard InChI is InChI=1S/C13H22N2O3/c16-9-10-8-15(5-6-18-10)12(17)11-7-13(11)1-3-14-4-2-13/h10-11,14,16H,1-9H2. The molecular formula is C13H22N2O3. The van der Waals surface area contributed by atoms with E-state index in [0.29, 0.717) is 31.0 Å². The maximum atomic E-state index is 12.5. The first kappa shape index (κ1) is 12.4. The molecule has 2 unspecified atom stereocenters. The van der Waals surface area contributed by atoms with E-state index in [9.17, 15) is 4.79 Å². The second kappa shape index (κ2) is 4.79. The van der Waals surface area contributed by atoms with Crippen LogP contribution in [0.3, 0.4) is 0 Å². The Morgan fingerprint density at radius 3 is 2.94 bits per heavy atom. The normalized spacial score (nSPS) is 34.6. The third-order valence-electron chi connectivity index (χ3n) is 4.74. The van der Waals surface area contributed by atoms with Crippen LogP contribution in [-0.2, 0) is 9.53 Å². The molecule has 3 rings (SSSR count). The lowest BCUT2D eigenvalue weighted by Crippen LogP contribution is -2.48. The topological polar surface area (TPSA) is 61.8 Å². The van der Waals surface area contributed by atoms with Crippen LogP contribution in [0.5, 0.6) is 0 Å². The van der Waals surface area contributed by atoms with Crippen LogP contribution in [0.4, 0.5) is 0 Å². The number of rotatable bonds is 2. The number of carbonyl (C=O) groups excluding carboxylic acids is 1. The summed E-state index contributed by atoms with van der Waals surface area (Å²) in [5, 5.41) is 12.5. The fourth-order valence-corrected chi connectivity index (χ4v) is 3.42. The number of amides is 1. The van der Waals surface area contributed by atoms with Gasteiger partial charge in [-0.1, -0.05) is 0 Å². The Kier molecular flexibility index (Phi) is 3.30. The van der Waals surface area contributed by atoms with E-state index in [4.69, 9.17) is 9.84 Å².